The number of hydrogen-bond acceptors (Lipinski definition) is 20. The Balaban J connectivity index is 1.44. The molecule has 0 saturated heterocycles. The summed E-state index contributed by atoms with van der Waals surface area (Å²) < 4.78 is 164. The number of halogens is 4. The smallest absolute Gasteiger partial charge is 0.339 e. The molecule has 8 aromatic rings. The topological polar surface area (TPSA) is 279 Å². The molecule has 504 valence electrons. The first-order valence-electron chi connectivity index (χ1n) is 29.6. The van der Waals surface area contributed by atoms with Crippen molar-refractivity contribution in [1.29, 1.82) is 0 Å². The third-order valence-electron chi connectivity index (χ3n) is 14.9. The Hall–Kier alpha value is -7.44. The Labute approximate surface area is 589 Å². The van der Waals surface area contributed by atoms with Crippen LogP contribution in [0, 0.1) is 0 Å². The van der Waals surface area contributed by atoms with Crippen LogP contribution in [0.3, 0.4) is 0 Å². The zero-order valence-electron chi connectivity index (χ0n) is 51.7. The maximum Gasteiger partial charge on any atom is 0.339 e. The van der Waals surface area contributed by atoms with Crippen LogP contribution >= 0.6 is 63.7 Å². The van der Waals surface area contributed by atoms with Gasteiger partial charge in [0.25, 0.3) is 0 Å². The maximum absolute atomic E-state index is 14.5. The van der Waals surface area contributed by atoms with Crippen molar-refractivity contribution in [2.24, 2.45) is 0 Å². The minimum Gasteiger partial charge on any atom is -0.466 e. The van der Waals surface area contributed by atoms with Crippen molar-refractivity contribution in [3.8, 4) is 23.0 Å². The summed E-state index contributed by atoms with van der Waals surface area (Å²) in [5.41, 5.74) is 1.79. The van der Waals surface area contributed by atoms with E-state index in [0.29, 0.717) is 17.9 Å². The molecule has 0 N–H and O–H groups in total. The van der Waals surface area contributed by atoms with Gasteiger partial charge in [-0.3, -0.25) is 19.2 Å². The largest absolute Gasteiger partial charge is 0.466 e. The van der Waals surface area contributed by atoms with E-state index in [1.54, 1.807) is 27.7 Å². The zero-order chi connectivity index (χ0) is 69.3. The summed E-state index contributed by atoms with van der Waals surface area (Å²) >= 11 is 13.3. The van der Waals surface area contributed by atoms with E-state index in [0.717, 1.165) is 0 Å². The van der Waals surface area contributed by atoms with Crippen molar-refractivity contribution in [3.05, 3.63) is 230 Å². The molecule has 96 heavy (non-hydrogen) atoms. The van der Waals surface area contributed by atoms with E-state index >= 15 is 0 Å². The van der Waals surface area contributed by atoms with Crippen LogP contribution in [0.2, 0.25) is 0 Å². The number of hydrogen-bond donors (Lipinski definition) is 0. The third-order valence-corrected chi connectivity index (χ3v) is 22.1. The lowest BCUT2D eigenvalue weighted by molar-refractivity contribution is -0.143. The standard InChI is InChI=1S/C68H60Br4O20S4/c1-5-85-65(73)37-61-41-25-43-31-54(90-94(79,80)58-19-11-50(70)12-20-58)33-45(62(43)38-66(74)86-6-2)27-47-35-56(92-96(83,84)60-23-15-52(72)16-24-60)36-48(64(47)40-68(76)88-8-4)28-46-34-55(91-95(81,82)59-21-13-51(71)14-22-59)32-44(63(46)39-67(75)87-7-3)26-42(61)30-53(29-41)89-93(77,78)57-17-9-49(69)10-18-57/h9-24,29-36H,5-8,25-28,37-40H2,1-4H3. The fourth-order valence-corrected chi connectivity index (χ4v) is 15.5. The van der Waals surface area contributed by atoms with E-state index < -0.39 is 116 Å². The molecule has 8 aromatic carbocycles. The second-order valence-electron chi connectivity index (χ2n) is 21.5. The predicted octanol–water partition coefficient (Wildman–Crippen LogP) is 12.9. The fourth-order valence-electron chi connectivity index (χ4n) is 10.8. The molecule has 0 amide bonds. The molecular weight excluding hydrogens is 1580 g/mol. The lowest BCUT2D eigenvalue weighted by atomic mass is 9.82. The highest BCUT2D eigenvalue weighted by molar-refractivity contribution is 9.11. The zero-order valence-corrected chi connectivity index (χ0v) is 61.3. The van der Waals surface area contributed by atoms with Gasteiger partial charge < -0.3 is 35.7 Å². The molecule has 0 atom stereocenters. The normalized spacial score (nSPS) is 12.4. The van der Waals surface area contributed by atoms with E-state index in [1.807, 2.05) is 0 Å². The van der Waals surface area contributed by atoms with Gasteiger partial charge in [-0.15, -0.1) is 0 Å². The molecule has 0 unspecified atom stereocenters. The van der Waals surface area contributed by atoms with Gasteiger partial charge in [-0.25, -0.2) is 0 Å². The lowest BCUT2D eigenvalue weighted by Crippen LogP contribution is -2.19. The first-order valence-corrected chi connectivity index (χ1v) is 38.4. The predicted molar refractivity (Wildman–Crippen MR) is 366 cm³/mol. The Kier molecular flexibility index (Phi) is 23.8. The van der Waals surface area contributed by atoms with Gasteiger partial charge >= 0.3 is 64.3 Å². The molecule has 0 aromatic heterocycles. The Bertz CT molecular complexity index is 4060. The molecule has 0 saturated carbocycles. The summed E-state index contributed by atoms with van der Waals surface area (Å²) in [6.07, 6.45) is -3.75. The van der Waals surface area contributed by atoms with Gasteiger partial charge in [-0.2, -0.15) is 33.7 Å². The van der Waals surface area contributed by atoms with Gasteiger partial charge in [-0.05, 0) is 266 Å². The van der Waals surface area contributed by atoms with Crippen LogP contribution in [0.1, 0.15) is 94.5 Å². The molecule has 0 spiro atoms. The lowest BCUT2D eigenvalue weighted by Gasteiger charge is -2.24. The average molecular weight is 1650 g/mol. The molecule has 0 fully saturated rings. The number of carbonyl (C=O) groups excluding carboxylic acids is 4. The first-order chi connectivity index (χ1) is 45.5. The molecule has 9 rings (SSSR count). The SMILES string of the molecule is CCOC(=O)Cc1c2cc(OS(=O)(=O)c3ccc(Br)cc3)cc1Cc1cc(OS(=O)(=O)c3ccc(Br)cc3)cc(c1CC(=O)OCC)Cc1cc(OS(=O)(=O)c3ccc(Br)cc3)cc(c1CC(=O)OCC)Cc1cc(OS(=O)(=O)c3ccc(Br)cc3)cc(c1CC(=O)OCC)C2. The van der Waals surface area contributed by atoms with Crippen LogP contribution < -0.4 is 16.7 Å². The fraction of sp³-hybridized carbons (Fsp3) is 0.235. The second-order valence-corrected chi connectivity index (χ2v) is 31.3. The summed E-state index contributed by atoms with van der Waals surface area (Å²) in [6.45, 7) is 6.01. The van der Waals surface area contributed by atoms with Gasteiger partial charge in [-0.1, -0.05) is 63.7 Å². The molecule has 20 nitrogen and oxygen atoms in total. The molecule has 28 heteroatoms. The summed E-state index contributed by atoms with van der Waals surface area (Å²) in [6, 6.07) is 33.2. The summed E-state index contributed by atoms with van der Waals surface area (Å²) in [4.78, 5) is 55.8. The number of ether oxygens (including phenoxy) is 4. The molecule has 0 heterocycles. The third kappa shape index (κ3) is 18.6. The molecule has 0 aliphatic heterocycles. The minimum atomic E-state index is -4.72. The van der Waals surface area contributed by atoms with Crippen molar-refractivity contribution < 1.29 is 88.5 Å². The highest BCUT2D eigenvalue weighted by atomic mass is 79.9. The van der Waals surface area contributed by atoms with Gasteiger partial charge in [0.1, 0.15) is 42.6 Å². The number of carbonyl (C=O) groups is 4. The van der Waals surface area contributed by atoms with E-state index in [2.05, 4.69) is 63.7 Å². The molecule has 1 aliphatic carbocycles. The highest BCUT2D eigenvalue weighted by Gasteiger charge is 2.31. The van der Waals surface area contributed by atoms with Crippen molar-refractivity contribution in [1.82, 2.24) is 0 Å². The van der Waals surface area contributed by atoms with Crippen LogP contribution in [0.4, 0.5) is 0 Å². The number of esters is 4. The molecular formula is C68H60Br4O20S4. The van der Waals surface area contributed by atoms with E-state index in [-0.39, 0.29) is 136 Å². The van der Waals surface area contributed by atoms with Crippen molar-refractivity contribution in [2.75, 3.05) is 26.4 Å². The maximum atomic E-state index is 14.5. The first kappa shape index (κ1) is 72.8. The van der Waals surface area contributed by atoms with Crippen molar-refractivity contribution in [3.63, 3.8) is 0 Å². The van der Waals surface area contributed by atoms with E-state index in [9.17, 15) is 52.8 Å². The van der Waals surface area contributed by atoms with E-state index in [1.165, 1.54) is 146 Å². The summed E-state index contributed by atoms with van der Waals surface area (Å²) in [5.74, 6) is -4.37. The average Bonchev–Trinajstić information content (AvgIpc) is 0.776. The molecule has 8 bridgehead atoms. The van der Waals surface area contributed by atoms with Gasteiger partial charge in [0.2, 0.25) is 0 Å². The summed E-state index contributed by atoms with van der Waals surface area (Å²) in [5, 5.41) is 0. The van der Waals surface area contributed by atoms with Crippen LogP contribution in [0.5, 0.6) is 23.0 Å². The minimum absolute atomic E-state index is 0.0874. The monoisotopic (exact) mass is 1640 g/mol. The van der Waals surface area contributed by atoms with E-state index in [4.69, 9.17) is 35.7 Å². The van der Waals surface area contributed by atoms with Crippen LogP contribution in [-0.2, 0) is 130 Å². The number of rotatable bonds is 24. The highest BCUT2D eigenvalue weighted by Crippen LogP contribution is 2.40. The Morgan fingerprint density at radius 1 is 0.292 bits per heavy atom. The number of benzene rings is 8. The number of fused-ring (bicyclic) bond motifs is 8. The molecule has 1 aliphatic rings. The Morgan fingerprint density at radius 2 is 0.448 bits per heavy atom. The quantitative estimate of drug-likeness (QED) is 0.0309. The second kappa shape index (κ2) is 31.4. The molecule has 0 radical (unpaired) electrons. The Morgan fingerprint density at radius 3 is 0.594 bits per heavy atom. The van der Waals surface area contributed by atoms with Crippen molar-refractivity contribution in [2.45, 2.75) is 98.6 Å². The van der Waals surface area contributed by atoms with Gasteiger partial charge in [0.15, 0.2) is 0 Å². The van der Waals surface area contributed by atoms with Crippen LogP contribution in [0.15, 0.2) is 183 Å². The van der Waals surface area contributed by atoms with Crippen molar-refractivity contribution >= 4 is 128 Å². The van der Waals surface area contributed by atoms with Crippen LogP contribution in [0.25, 0.3) is 0 Å². The van der Waals surface area contributed by atoms with Crippen LogP contribution in [-0.4, -0.2) is 84.0 Å². The summed E-state index contributed by atoms with van der Waals surface area (Å²) in [7, 11) is -18.9. The van der Waals surface area contributed by atoms with Gasteiger partial charge in [0, 0.05) is 17.9 Å². The van der Waals surface area contributed by atoms with Gasteiger partial charge in [0.05, 0.1) is 52.1 Å².